The maximum Gasteiger partial charge on any atom is 0.233 e. The third kappa shape index (κ3) is 9.95. The van der Waals surface area contributed by atoms with E-state index in [1.54, 1.807) is 30.1 Å². The molecule has 27 heavy (non-hydrogen) atoms. The molecule has 10 heteroatoms. The van der Waals surface area contributed by atoms with Gasteiger partial charge in [-0.1, -0.05) is 11.8 Å². The summed E-state index contributed by atoms with van der Waals surface area (Å²) in [6, 6.07) is 0.415. The van der Waals surface area contributed by atoms with Crippen molar-refractivity contribution in [3.63, 3.8) is 0 Å². The fourth-order valence-corrected chi connectivity index (χ4v) is 4.36. The summed E-state index contributed by atoms with van der Waals surface area (Å²) >= 11 is 3.48. The number of hydrogen-bond acceptors (Lipinski definition) is 6. The highest BCUT2D eigenvalue weighted by Gasteiger charge is 2.21. The number of aromatic nitrogens is 1. The molecule has 0 atom stereocenters. The predicted octanol–water partition coefficient (Wildman–Crippen LogP) is 2.01. The summed E-state index contributed by atoms with van der Waals surface area (Å²) in [4.78, 5) is 22.6. The fraction of sp³-hybridized carbons (Fsp3) is 0.706. The van der Waals surface area contributed by atoms with Crippen LogP contribution in [-0.4, -0.2) is 73.3 Å². The fourth-order valence-electron chi connectivity index (χ4n) is 2.73. The first-order valence-corrected chi connectivity index (χ1v) is 11.1. The molecule has 3 N–H and O–H groups in total. The molecule has 1 aliphatic heterocycles. The van der Waals surface area contributed by atoms with Crippen LogP contribution in [0.4, 0.5) is 0 Å². The summed E-state index contributed by atoms with van der Waals surface area (Å²) in [5, 5.41) is 11.6. The van der Waals surface area contributed by atoms with Gasteiger partial charge in [-0.2, -0.15) is 0 Å². The van der Waals surface area contributed by atoms with E-state index >= 15 is 0 Å². The van der Waals surface area contributed by atoms with Crippen LogP contribution in [0.15, 0.2) is 20.9 Å². The van der Waals surface area contributed by atoms with Crippen LogP contribution in [-0.2, 0) is 4.79 Å². The van der Waals surface area contributed by atoms with Crippen LogP contribution in [0.2, 0.25) is 0 Å². The number of nitrogens with zero attached hydrogens (tertiary/aromatic N) is 3. The van der Waals surface area contributed by atoms with Crippen molar-refractivity contribution in [2.24, 2.45) is 4.99 Å². The summed E-state index contributed by atoms with van der Waals surface area (Å²) < 4.78 is 1.13. The molecule has 1 saturated heterocycles. The number of nitrogens with one attached hydrogen (secondary N) is 3. The number of rotatable bonds is 9. The van der Waals surface area contributed by atoms with Gasteiger partial charge in [-0.15, -0.1) is 35.3 Å². The van der Waals surface area contributed by atoms with E-state index in [1.807, 2.05) is 11.6 Å². The first-order chi connectivity index (χ1) is 12.7. The van der Waals surface area contributed by atoms with Crippen molar-refractivity contribution in [2.75, 3.05) is 45.5 Å². The van der Waals surface area contributed by atoms with Crippen LogP contribution in [0.3, 0.4) is 0 Å². The topological polar surface area (TPSA) is 81.7 Å². The zero-order chi connectivity index (χ0) is 18.6. The van der Waals surface area contributed by atoms with Gasteiger partial charge >= 0.3 is 0 Å². The second kappa shape index (κ2) is 14.4. The third-order valence-corrected chi connectivity index (χ3v) is 6.18. The van der Waals surface area contributed by atoms with E-state index in [2.05, 4.69) is 32.8 Å². The Kier molecular flexibility index (Phi) is 13.1. The van der Waals surface area contributed by atoms with E-state index in [1.165, 1.54) is 0 Å². The number of piperidine rings is 1. The van der Waals surface area contributed by atoms with Gasteiger partial charge in [0.25, 0.3) is 0 Å². The molecule has 0 bridgehead atoms. The molecule has 1 aromatic heterocycles. The van der Waals surface area contributed by atoms with Crippen molar-refractivity contribution >= 4 is 58.9 Å². The van der Waals surface area contributed by atoms with Gasteiger partial charge in [-0.05, 0) is 26.2 Å². The lowest BCUT2D eigenvalue weighted by atomic mass is 10.1. The molecule has 0 radical (unpaired) electrons. The van der Waals surface area contributed by atoms with Gasteiger partial charge in [0.05, 0.1) is 6.54 Å². The highest BCUT2D eigenvalue weighted by Crippen LogP contribution is 2.20. The number of aliphatic imine (C=N–C) groups is 1. The average Bonchev–Trinajstić information content (AvgIpc) is 3.16. The minimum atomic E-state index is 0. The Labute approximate surface area is 187 Å². The molecular formula is C17H31IN6OS2. The zero-order valence-electron chi connectivity index (χ0n) is 16.1. The molecule has 0 aromatic carbocycles. The van der Waals surface area contributed by atoms with Gasteiger partial charge in [0, 0.05) is 56.6 Å². The Morgan fingerprint density at radius 3 is 2.85 bits per heavy atom. The van der Waals surface area contributed by atoms with E-state index in [0.717, 1.165) is 61.5 Å². The Morgan fingerprint density at radius 1 is 1.44 bits per heavy atom. The van der Waals surface area contributed by atoms with E-state index in [-0.39, 0.29) is 29.9 Å². The maximum absolute atomic E-state index is 11.5. The van der Waals surface area contributed by atoms with Crippen LogP contribution >= 0.6 is 47.1 Å². The highest BCUT2D eigenvalue weighted by atomic mass is 127. The van der Waals surface area contributed by atoms with Crippen LogP contribution in [0.25, 0.3) is 0 Å². The standard InChI is InChI=1S/C17H30N6OS2.HI/c1-3-19-16(20-7-4-11-25-17-21-8-12-26-17)22-14-5-9-23(10-6-14)13-15(24)18-2;/h8,12,14H,3-7,9-11,13H2,1-2H3,(H,18,24)(H2,19,20,22);1H. The molecular weight excluding hydrogens is 495 g/mol. The Bertz CT molecular complexity index is 550. The molecule has 2 rings (SSSR count). The number of likely N-dealkylation sites (N-methyl/N-ethyl adjacent to an activating group) is 1. The van der Waals surface area contributed by atoms with Gasteiger partial charge in [0.2, 0.25) is 5.91 Å². The smallest absolute Gasteiger partial charge is 0.233 e. The van der Waals surface area contributed by atoms with Gasteiger partial charge in [0.1, 0.15) is 4.34 Å². The van der Waals surface area contributed by atoms with Crippen molar-refractivity contribution in [3.8, 4) is 0 Å². The minimum Gasteiger partial charge on any atom is -0.358 e. The number of likely N-dealkylation sites (tertiary alicyclic amines) is 1. The normalized spacial score (nSPS) is 15.9. The van der Waals surface area contributed by atoms with E-state index in [4.69, 9.17) is 4.99 Å². The Hall–Kier alpha value is -0.590. The number of amides is 1. The first kappa shape index (κ1) is 24.4. The van der Waals surface area contributed by atoms with Gasteiger partial charge in [-0.25, -0.2) is 4.98 Å². The summed E-state index contributed by atoms with van der Waals surface area (Å²) in [6.45, 7) is 6.12. The Morgan fingerprint density at radius 2 is 2.22 bits per heavy atom. The van der Waals surface area contributed by atoms with E-state index in [0.29, 0.717) is 12.6 Å². The lowest BCUT2D eigenvalue weighted by molar-refractivity contribution is -0.122. The molecule has 1 fully saturated rings. The lowest BCUT2D eigenvalue weighted by Crippen LogP contribution is -2.50. The summed E-state index contributed by atoms with van der Waals surface area (Å²) in [7, 11) is 1.69. The number of halogens is 1. The van der Waals surface area contributed by atoms with Crippen molar-refractivity contribution in [2.45, 2.75) is 36.6 Å². The number of thiazole rings is 1. The number of carbonyl (C=O) groups excluding carboxylic acids is 1. The summed E-state index contributed by atoms with van der Waals surface area (Å²) in [6.07, 6.45) is 4.94. The molecule has 1 aromatic rings. The van der Waals surface area contributed by atoms with Gasteiger partial charge < -0.3 is 16.0 Å². The van der Waals surface area contributed by atoms with E-state index in [9.17, 15) is 4.79 Å². The van der Waals surface area contributed by atoms with Crippen molar-refractivity contribution in [1.29, 1.82) is 0 Å². The zero-order valence-corrected chi connectivity index (χ0v) is 20.0. The molecule has 0 unspecified atom stereocenters. The predicted molar refractivity (Wildman–Crippen MR) is 126 cm³/mol. The van der Waals surface area contributed by atoms with Gasteiger partial charge in [-0.3, -0.25) is 14.7 Å². The molecule has 0 spiro atoms. The van der Waals surface area contributed by atoms with Crippen LogP contribution in [0.5, 0.6) is 0 Å². The molecule has 154 valence electrons. The number of guanidine groups is 1. The number of thioether (sulfide) groups is 1. The van der Waals surface area contributed by atoms with Crippen molar-refractivity contribution in [3.05, 3.63) is 11.6 Å². The summed E-state index contributed by atoms with van der Waals surface area (Å²) in [5.41, 5.74) is 0. The lowest BCUT2D eigenvalue weighted by Gasteiger charge is -2.32. The average molecular weight is 527 g/mol. The van der Waals surface area contributed by atoms with Crippen LogP contribution in [0, 0.1) is 0 Å². The second-order valence-electron chi connectivity index (χ2n) is 6.13. The largest absolute Gasteiger partial charge is 0.358 e. The first-order valence-electron chi connectivity index (χ1n) is 9.21. The minimum absolute atomic E-state index is 0. The van der Waals surface area contributed by atoms with Crippen LogP contribution in [0.1, 0.15) is 26.2 Å². The van der Waals surface area contributed by atoms with Crippen molar-refractivity contribution in [1.82, 2.24) is 25.8 Å². The number of carbonyl (C=O) groups is 1. The Balaban J connectivity index is 0.00000364. The monoisotopic (exact) mass is 526 g/mol. The summed E-state index contributed by atoms with van der Waals surface area (Å²) in [5.74, 6) is 2.02. The molecule has 0 saturated carbocycles. The van der Waals surface area contributed by atoms with Crippen LogP contribution < -0.4 is 16.0 Å². The molecule has 1 amide bonds. The quantitative estimate of drug-likeness (QED) is 0.150. The maximum atomic E-state index is 11.5. The molecule has 7 nitrogen and oxygen atoms in total. The van der Waals surface area contributed by atoms with Crippen molar-refractivity contribution < 1.29 is 4.79 Å². The highest BCUT2D eigenvalue weighted by molar-refractivity contribution is 14.0. The number of hydrogen-bond donors (Lipinski definition) is 3. The third-order valence-electron chi connectivity index (χ3n) is 4.13. The molecule has 0 aliphatic carbocycles. The molecule has 1 aliphatic rings. The van der Waals surface area contributed by atoms with Gasteiger partial charge in [0.15, 0.2) is 5.96 Å². The SMILES string of the molecule is CCNC(=NCCCSc1nccs1)NC1CCN(CC(=O)NC)CC1.I. The van der Waals surface area contributed by atoms with E-state index < -0.39 is 0 Å². The molecule has 2 heterocycles. The second-order valence-corrected chi connectivity index (χ2v) is 8.37.